The Morgan fingerprint density at radius 1 is 0.840 bits per heavy atom. The van der Waals surface area contributed by atoms with E-state index >= 15 is 0 Å². The van der Waals surface area contributed by atoms with Gasteiger partial charge in [-0.3, -0.25) is 9.00 Å². The van der Waals surface area contributed by atoms with Crippen molar-refractivity contribution in [2.24, 2.45) is 5.92 Å². The van der Waals surface area contributed by atoms with E-state index in [9.17, 15) is 9.00 Å². The van der Waals surface area contributed by atoms with E-state index in [0.717, 1.165) is 47.4 Å². The maximum absolute atomic E-state index is 13.4. The van der Waals surface area contributed by atoms with Crippen molar-refractivity contribution in [1.29, 1.82) is 0 Å². The Morgan fingerprint density at radius 3 is 2.16 bits per heavy atom. The molecule has 2 aliphatic rings. The van der Waals surface area contributed by atoms with Crippen molar-refractivity contribution in [2.75, 3.05) is 0 Å². The second-order valence-corrected chi connectivity index (χ2v) is 9.36. The van der Waals surface area contributed by atoms with Gasteiger partial charge >= 0.3 is 0 Å². The molecular formula is C22H20O2S. The molecule has 0 spiro atoms. The first-order chi connectivity index (χ1) is 12.2. The molecule has 0 N–H and O–H groups in total. The van der Waals surface area contributed by atoms with Crippen molar-refractivity contribution in [3.05, 3.63) is 60.2 Å². The fraction of sp³-hybridized carbons (Fsp3) is 0.318. The molecule has 25 heavy (non-hydrogen) atoms. The summed E-state index contributed by atoms with van der Waals surface area (Å²) in [7, 11) is -0.714. The third-order valence-electron chi connectivity index (χ3n) is 5.97. The van der Waals surface area contributed by atoms with Crippen LogP contribution in [0, 0.1) is 5.92 Å². The van der Waals surface area contributed by atoms with Crippen LogP contribution in [0.15, 0.2) is 54.6 Å². The molecule has 2 unspecified atom stereocenters. The van der Waals surface area contributed by atoms with Gasteiger partial charge in [0.05, 0.1) is 0 Å². The Balaban J connectivity index is 1.64. The Hall–Kier alpha value is -2.00. The molecule has 0 aromatic heterocycles. The lowest BCUT2D eigenvalue weighted by atomic mass is 9.86. The zero-order valence-electron chi connectivity index (χ0n) is 14.0. The molecule has 126 valence electrons. The van der Waals surface area contributed by atoms with E-state index in [1.54, 1.807) is 0 Å². The summed E-state index contributed by atoms with van der Waals surface area (Å²) >= 11 is 0. The SMILES string of the molecule is O=C(c1cc2ccccc2c2ccccc12)C1CC2CCC(C1)S2=O. The van der Waals surface area contributed by atoms with Gasteiger partial charge < -0.3 is 0 Å². The van der Waals surface area contributed by atoms with E-state index < -0.39 is 10.8 Å². The fourth-order valence-electron chi connectivity index (χ4n) is 4.72. The molecule has 2 fully saturated rings. The summed E-state index contributed by atoms with van der Waals surface area (Å²) in [5, 5.41) is 4.97. The molecule has 3 heteroatoms. The molecule has 2 atom stereocenters. The Kier molecular flexibility index (Phi) is 3.53. The van der Waals surface area contributed by atoms with Crippen molar-refractivity contribution in [1.82, 2.24) is 0 Å². The number of rotatable bonds is 2. The molecule has 3 aromatic carbocycles. The van der Waals surface area contributed by atoms with Crippen LogP contribution in [0.25, 0.3) is 21.5 Å². The number of ketones is 1. The molecule has 0 radical (unpaired) electrons. The highest BCUT2D eigenvalue weighted by molar-refractivity contribution is 7.86. The minimum absolute atomic E-state index is 0.0276. The predicted octanol–water partition coefficient (Wildman–Crippen LogP) is 4.87. The molecular weight excluding hydrogens is 328 g/mol. The van der Waals surface area contributed by atoms with Gasteiger partial charge in [0.2, 0.25) is 0 Å². The van der Waals surface area contributed by atoms with E-state index in [1.807, 2.05) is 24.3 Å². The Labute approximate surface area is 149 Å². The third kappa shape index (κ3) is 2.36. The van der Waals surface area contributed by atoms with Crippen LogP contribution >= 0.6 is 0 Å². The number of hydrogen-bond donors (Lipinski definition) is 0. The number of carbonyl (C=O) groups excluding carboxylic acids is 1. The normalized spacial score (nSPS) is 28.5. The van der Waals surface area contributed by atoms with E-state index in [1.165, 1.54) is 5.39 Å². The number of fused-ring (bicyclic) bond motifs is 5. The van der Waals surface area contributed by atoms with E-state index in [4.69, 9.17) is 0 Å². The second kappa shape index (κ2) is 5.77. The van der Waals surface area contributed by atoms with Crippen LogP contribution in [0.2, 0.25) is 0 Å². The van der Waals surface area contributed by atoms with E-state index in [0.29, 0.717) is 0 Å². The van der Waals surface area contributed by atoms with Crippen LogP contribution in [0.3, 0.4) is 0 Å². The third-order valence-corrected chi connectivity index (χ3v) is 8.14. The van der Waals surface area contributed by atoms with Gasteiger partial charge in [0.15, 0.2) is 5.78 Å². The van der Waals surface area contributed by atoms with Crippen LogP contribution in [-0.4, -0.2) is 20.5 Å². The first-order valence-electron chi connectivity index (χ1n) is 9.06. The monoisotopic (exact) mass is 348 g/mol. The Morgan fingerprint density at radius 2 is 1.44 bits per heavy atom. The average molecular weight is 348 g/mol. The van der Waals surface area contributed by atoms with Gasteiger partial charge in [0, 0.05) is 32.8 Å². The average Bonchev–Trinajstić information content (AvgIpc) is 2.86. The topological polar surface area (TPSA) is 34.1 Å². The number of Topliss-reactive ketones (excluding diaryl/α,β-unsaturated/α-hetero) is 1. The van der Waals surface area contributed by atoms with Crippen molar-refractivity contribution in [3.63, 3.8) is 0 Å². The van der Waals surface area contributed by atoms with Gasteiger partial charge in [0.1, 0.15) is 0 Å². The van der Waals surface area contributed by atoms with Crippen molar-refractivity contribution in [3.8, 4) is 0 Å². The van der Waals surface area contributed by atoms with Crippen LogP contribution in [0.4, 0.5) is 0 Å². The minimum Gasteiger partial charge on any atom is -0.294 e. The summed E-state index contributed by atoms with van der Waals surface area (Å²) in [5.74, 6) is 0.273. The second-order valence-electron chi connectivity index (χ2n) is 7.37. The van der Waals surface area contributed by atoms with Gasteiger partial charge in [-0.1, -0.05) is 48.5 Å². The maximum atomic E-state index is 13.4. The maximum Gasteiger partial charge on any atom is 0.166 e. The van der Waals surface area contributed by atoms with Gasteiger partial charge in [-0.2, -0.15) is 0 Å². The summed E-state index contributed by atoms with van der Waals surface area (Å²) in [6.07, 6.45) is 3.64. The smallest absolute Gasteiger partial charge is 0.166 e. The summed E-state index contributed by atoms with van der Waals surface area (Å²) in [6, 6.07) is 18.5. The van der Waals surface area contributed by atoms with Crippen LogP contribution in [0.1, 0.15) is 36.0 Å². The van der Waals surface area contributed by atoms with E-state index in [2.05, 4.69) is 30.3 Å². The molecule has 0 aliphatic carbocycles. The standard InChI is InChI=1S/C22H20O2S/c23-22(15-11-16-9-10-17(12-15)25(16)24)21-13-14-5-1-2-6-18(14)19-7-3-4-8-20(19)21/h1-8,13,15-17H,9-12H2. The lowest BCUT2D eigenvalue weighted by Gasteiger charge is -2.26. The highest BCUT2D eigenvalue weighted by atomic mass is 32.2. The number of hydrogen-bond acceptors (Lipinski definition) is 2. The Bertz CT molecular complexity index is 1010. The molecule has 3 aromatic rings. The molecule has 0 amide bonds. The number of benzene rings is 3. The van der Waals surface area contributed by atoms with Crippen LogP contribution in [0.5, 0.6) is 0 Å². The molecule has 5 rings (SSSR count). The summed E-state index contributed by atoms with van der Waals surface area (Å²) in [6.45, 7) is 0. The molecule has 2 aliphatic heterocycles. The summed E-state index contributed by atoms with van der Waals surface area (Å²) in [5.41, 5.74) is 0.839. The minimum atomic E-state index is -0.714. The summed E-state index contributed by atoms with van der Waals surface area (Å²) in [4.78, 5) is 13.4. The fourth-order valence-corrected chi connectivity index (χ4v) is 6.85. The number of carbonyl (C=O) groups is 1. The quantitative estimate of drug-likeness (QED) is 0.489. The van der Waals surface area contributed by atoms with Crippen LogP contribution < -0.4 is 0 Å². The zero-order valence-corrected chi connectivity index (χ0v) is 14.8. The molecule has 2 bridgehead atoms. The molecule has 2 saturated heterocycles. The van der Waals surface area contributed by atoms with Gasteiger partial charge in [-0.25, -0.2) is 0 Å². The van der Waals surface area contributed by atoms with Crippen LogP contribution in [-0.2, 0) is 10.8 Å². The molecule has 0 saturated carbocycles. The van der Waals surface area contributed by atoms with Gasteiger partial charge in [0.25, 0.3) is 0 Å². The predicted molar refractivity (Wildman–Crippen MR) is 103 cm³/mol. The zero-order chi connectivity index (χ0) is 17.0. The summed E-state index contributed by atoms with van der Waals surface area (Å²) < 4.78 is 12.3. The van der Waals surface area contributed by atoms with Crippen molar-refractivity contribution in [2.45, 2.75) is 36.2 Å². The first kappa shape index (κ1) is 15.3. The molecule has 2 nitrogen and oxygen atoms in total. The van der Waals surface area contributed by atoms with E-state index in [-0.39, 0.29) is 22.2 Å². The first-order valence-corrected chi connectivity index (χ1v) is 10.3. The lowest BCUT2D eigenvalue weighted by Crippen LogP contribution is -2.32. The largest absolute Gasteiger partial charge is 0.294 e. The highest BCUT2D eigenvalue weighted by Gasteiger charge is 2.43. The van der Waals surface area contributed by atoms with Crippen molar-refractivity contribution < 1.29 is 9.00 Å². The lowest BCUT2D eigenvalue weighted by molar-refractivity contribution is 0.0908. The molecule has 2 heterocycles. The van der Waals surface area contributed by atoms with Crippen molar-refractivity contribution >= 4 is 38.1 Å². The van der Waals surface area contributed by atoms with Gasteiger partial charge in [-0.15, -0.1) is 0 Å². The highest BCUT2D eigenvalue weighted by Crippen LogP contribution is 2.41. The van der Waals surface area contributed by atoms with Gasteiger partial charge in [-0.05, 0) is 53.3 Å².